The first-order valence-corrected chi connectivity index (χ1v) is 7.85. The fraction of sp³-hybridized carbons (Fsp3) is 0.867. The number of carbonyl (C=O) groups excluding carboxylic acids is 1. The summed E-state index contributed by atoms with van der Waals surface area (Å²) in [5.41, 5.74) is 0. The Morgan fingerprint density at radius 2 is 1.86 bits per heavy atom. The van der Waals surface area contributed by atoms with Gasteiger partial charge in [-0.3, -0.25) is 9.59 Å². The van der Waals surface area contributed by atoms with Crippen LogP contribution in [-0.2, 0) is 19.1 Å². The summed E-state index contributed by atoms with van der Waals surface area (Å²) in [5.74, 6) is -1.53. The molecule has 1 aliphatic heterocycles. The van der Waals surface area contributed by atoms with Gasteiger partial charge in [-0.2, -0.15) is 0 Å². The molecule has 6 heteroatoms. The lowest BCUT2D eigenvalue weighted by Crippen LogP contribution is -2.40. The van der Waals surface area contributed by atoms with Crippen molar-refractivity contribution in [3.05, 3.63) is 0 Å². The number of hydrogen-bond donors (Lipinski definition) is 2. The molecule has 2 rings (SSSR count). The Hall–Kier alpha value is -1.14. The summed E-state index contributed by atoms with van der Waals surface area (Å²) in [7, 11) is 0. The highest BCUT2D eigenvalue weighted by atomic mass is 16.5. The molecule has 1 atom stereocenters. The van der Waals surface area contributed by atoms with Gasteiger partial charge in [-0.05, 0) is 31.6 Å². The maximum absolute atomic E-state index is 11.8. The van der Waals surface area contributed by atoms with Crippen molar-refractivity contribution in [2.24, 2.45) is 11.8 Å². The molecule has 0 aromatic rings. The first-order chi connectivity index (χ1) is 10.2. The van der Waals surface area contributed by atoms with Gasteiger partial charge in [-0.25, -0.2) is 0 Å². The average molecular weight is 299 g/mol. The van der Waals surface area contributed by atoms with E-state index in [-0.39, 0.29) is 31.1 Å². The van der Waals surface area contributed by atoms with Crippen molar-refractivity contribution in [1.82, 2.24) is 5.32 Å². The highest BCUT2D eigenvalue weighted by Crippen LogP contribution is 2.24. The quantitative estimate of drug-likeness (QED) is 0.737. The number of amides is 1. The van der Waals surface area contributed by atoms with Crippen LogP contribution in [0.15, 0.2) is 0 Å². The van der Waals surface area contributed by atoms with Crippen LogP contribution in [0.5, 0.6) is 0 Å². The third kappa shape index (κ3) is 5.28. The number of carboxylic acids is 1. The van der Waals surface area contributed by atoms with Crippen LogP contribution in [0.25, 0.3) is 0 Å². The minimum Gasteiger partial charge on any atom is -0.481 e. The molecule has 1 saturated heterocycles. The zero-order chi connectivity index (χ0) is 15.1. The van der Waals surface area contributed by atoms with Gasteiger partial charge in [0, 0.05) is 19.8 Å². The molecule has 0 bridgehead atoms. The Morgan fingerprint density at radius 1 is 1.19 bits per heavy atom. The molecule has 0 spiro atoms. The van der Waals surface area contributed by atoms with Gasteiger partial charge in [-0.1, -0.05) is 12.8 Å². The minimum absolute atomic E-state index is 0.0325. The van der Waals surface area contributed by atoms with Crippen LogP contribution in [0, 0.1) is 11.8 Å². The topological polar surface area (TPSA) is 84.9 Å². The van der Waals surface area contributed by atoms with E-state index < -0.39 is 11.9 Å². The second-order valence-electron chi connectivity index (χ2n) is 5.92. The highest BCUT2D eigenvalue weighted by molar-refractivity contribution is 5.78. The van der Waals surface area contributed by atoms with E-state index in [1.165, 1.54) is 0 Å². The molecule has 1 heterocycles. The molecular formula is C15H25NO5. The van der Waals surface area contributed by atoms with Crippen molar-refractivity contribution >= 4 is 11.9 Å². The maximum atomic E-state index is 11.8. The molecule has 0 aromatic carbocycles. The van der Waals surface area contributed by atoms with E-state index in [0.29, 0.717) is 13.2 Å². The summed E-state index contributed by atoms with van der Waals surface area (Å²) in [6, 6.07) is 0. The molecule has 2 fully saturated rings. The minimum atomic E-state index is -0.848. The zero-order valence-electron chi connectivity index (χ0n) is 12.4. The fourth-order valence-electron chi connectivity index (χ4n) is 3.10. The van der Waals surface area contributed by atoms with E-state index in [1.54, 1.807) is 0 Å². The van der Waals surface area contributed by atoms with Crippen LogP contribution in [0.2, 0.25) is 0 Å². The van der Waals surface area contributed by atoms with Crippen molar-refractivity contribution < 1.29 is 24.2 Å². The van der Waals surface area contributed by atoms with Crippen LogP contribution in [0.4, 0.5) is 0 Å². The molecular weight excluding hydrogens is 274 g/mol. The molecule has 2 N–H and O–H groups in total. The standard InChI is InChI=1S/C15H25NO5/c17-14(10-21-12-3-1-2-4-12)16-9-13(15(18)19)11-5-7-20-8-6-11/h11-13H,1-10H2,(H,16,17)(H,18,19). The van der Waals surface area contributed by atoms with Gasteiger partial charge in [0.1, 0.15) is 6.61 Å². The summed E-state index contributed by atoms with van der Waals surface area (Å²) in [6.07, 6.45) is 6.05. The number of nitrogens with one attached hydrogen (secondary N) is 1. The van der Waals surface area contributed by atoms with Gasteiger partial charge >= 0.3 is 5.97 Å². The lowest BCUT2D eigenvalue weighted by Gasteiger charge is -2.27. The Balaban J connectivity index is 1.70. The lowest BCUT2D eigenvalue weighted by molar-refractivity contribution is -0.145. The SMILES string of the molecule is O=C(COC1CCCC1)NCC(C(=O)O)C1CCOCC1. The van der Waals surface area contributed by atoms with Crippen molar-refractivity contribution in [2.45, 2.75) is 44.6 Å². The Kier molecular flexibility index (Phi) is 6.45. The summed E-state index contributed by atoms with van der Waals surface area (Å²) >= 11 is 0. The Bertz CT molecular complexity index is 348. The molecule has 1 aliphatic carbocycles. The summed E-state index contributed by atoms with van der Waals surface area (Å²) in [6.45, 7) is 1.41. The molecule has 0 radical (unpaired) electrons. The smallest absolute Gasteiger partial charge is 0.308 e. The van der Waals surface area contributed by atoms with Crippen molar-refractivity contribution in [3.8, 4) is 0 Å². The monoisotopic (exact) mass is 299 g/mol. The number of aliphatic carboxylic acids is 1. The number of carboxylic acid groups (broad SMARTS) is 1. The molecule has 6 nitrogen and oxygen atoms in total. The highest BCUT2D eigenvalue weighted by Gasteiger charge is 2.30. The molecule has 1 amide bonds. The predicted octanol–water partition coefficient (Wildman–Crippen LogP) is 1.19. The van der Waals surface area contributed by atoms with Crippen LogP contribution in [0.1, 0.15) is 38.5 Å². The summed E-state index contributed by atoms with van der Waals surface area (Å²) in [4.78, 5) is 23.1. The predicted molar refractivity (Wildman–Crippen MR) is 75.9 cm³/mol. The third-order valence-corrected chi connectivity index (χ3v) is 4.42. The van der Waals surface area contributed by atoms with Crippen molar-refractivity contribution in [3.63, 3.8) is 0 Å². The van der Waals surface area contributed by atoms with Gasteiger partial charge in [0.25, 0.3) is 0 Å². The van der Waals surface area contributed by atoms with E-state index in [9.17, 15) is 14.7 Å². The van der Waals surface area contributed by atoms with E-state index in [2.05, 4.69) is 5.32 Å². The summed E-state index contributed by atoms with van der Waals surface area (Å²) in [5, 5.41) is 12.0. The Morgan fingerprint density at radius 3 is 2.48 bits per heavy atom. The Labute approximate surface area is 125 Å². The van der Waals surface area contributed by atoms with Gasteiger partial charge < -0.3 is 19.9 Å². The van der Waals surface area contributed by atoms with Crippen LogP contribution < -0.4 is 5.32 Å². The van der Waals surface area contributed by atoms with Gasteiger partial charge in [0.15, 0.2) is 0 Å². The molecule has 120 valence electrons. The van der Waals surface area contributed by atoms with E-state index in [1.807, 2.05) is 0 Å². The second kappa shape index (κ2) is 8.34. The second-order valence-corrected chi connectivity index (χ2v) is 5.92. The fourth-order valence-corrected chi connectivity index (χ4v) is 3.10. The van der Waals surface area contributed by atoms with Crippen LogP contribution in [0.3, 0.4) is 0 Å². The zero-order valence-corrected chi connectivity index (χ0v) is 12.4. The number of carbonyl (C=O) groups is 2. The maximum Gasteiger partial charge on any atom is 0.308 e. The normalized spacial score (nSPS) is 22.1. The molecule has 21 heavy (non-hydrogen) atoms. The van der Waals surface area contributed by atoms with E-state index in [0.717, 1.165) is 38.5 Å². The third-order valence-electron chi connectivity index (χ3n) is 4.42. The van der Waals surface area contributed by atoms with E-state index in [4.69, 9.17) is 9.47 Å². The number of rotatable bonds is 7. The van der Waals surface area contributed by atoms with Gasteiger partial charge in [-0.15, -0.1) is 0 Å². The van der Waals surface area contributed by atoms with Gasteiger partial charge in [0.05, 0.1) is 12.0 Å². The molecule has 1 saturated carbocycles. The first kappa shape index (κ1) is 16.2. The van der Waals surface area contributed by atoms with Crippen molar-refractivity contribution in [1.29, 1.82) is 0 Å². The van der Waals surface area contributed by atoms with E-state index >= 15 is 0 Å². The summed E-state index contributed by atoms with van der Waals surface area (Å²) < 4.78 is 10.8. The molecule has 1 unspecified atom stereocenters. The van der Waals surface area contributed by atoms with Gasteiger partial charge in [0.2, 0.25) is 5.91 Å². The lowest BCUT2D eigenvalue weighted by atomic mass is 9.86. The number of hydrogen-bond acceptors (Lipinski definition) is 4. The largest absolute Gasteiger partial charge is 0.481 e. The van der Waals surface area contributed by atoms with Crippen LogP contribution >= 0.6 is 0 Å². The first-order valence-electron chi connectivity index (χ1n) is 7.85. The van der Waals surface area contributed by atoms with Crippen LogP contribution in [-0.4, -0.2) is 49.5 Å². The number of ether oxygens (including phenoxy) is 2. The average Bonchev–Trinajstić information content (AvgIpc) is 2.99. The molecule has 0 aromatic heterocycles. The molecule has 2 aliphatic rings. The van der Waals surface area contributed by atoms with Crippen molar-refractivity contribution in [2.75, 3.05) is 26.4 Å².